The van der Waals surface area contributed by atoms with Crippen molar-refractivity contribution < 1.29 is 4.42 Å². The average molecular weight is 816 g/mol. The lowest BCUT2D eigenvalue weighted by Crippen LogP contribution is -2.11. The van der Waals surface area contributed by atoms with Crippen LogP contribution >= 0.6 is 0 Å². The van der Waals surface area contributed by atoms with Crippen LogP contribution in [-0.2, 0) is 0 Å². The van der Waals surface area contributed by atoms with E-state index in [1.165, 1.54) is 54.9 Å². The summed E-state index contributed by atoms with van der Waals surface area (Å²) in [4.78, 5) is 2.40. The molecule has 0 amide bonds. The zero-order valence-corrected chi connectivity index (χ0v) is 35.0. The summed E-state index contributed by atoms with van der Waals surface area (Å²) in [5.41, 5.74) is 16.8. The van der Waals surface area contributed by atoms with Crippen molar-refractivity contribution in [2.45, 2.75) is 0 Å². The van der Waals surface area contributed by atoms with E-state index < -0.39 is 0 Å². The molecule has 0 radical (unpaired) electrons. The van der Waals surface area contributed by atoms with Gasteiger partial charge in [-0.1, -0.05) is 194 Å². The highest BCUT2D eigenvalue weighted by molar-refractivity contribution is 6.07. The molecule has 11 aromatic carbocycles. The summed E-state index contributed by atoms with van der Waals surface area (Å²) in [6.07, 6.45) is 0. The van der Waals surface area contributed by atoms with Crippen molar-refractivity contribution in [1.29, 1.82) is 0 Å². The van der Waals surface area contributed by atoms with Gasteiger partial charge in [-0.15, -0.1) is 0 Å². The molecule has 300 valence electrons. The second-order valence-corrected chi connectivity index (χ2v) is 16.5. The Morgan fingerprint density at radius 2 is 0.734 bits per heavy atom. The monoisotopic (exact) mass is 815 g/mol. The lowest BCUT2D eigenvalue weighted by molar-refractivity contribution is 0.669. The zero-order valence-electron chi connectivity index (χ0n) is 35.0. The van der Waals surface area contributed by atoms with Crippen LogP contribution in [0, 0.1) is 0 Å². The second-order valence-electron chi connectivity index (χ2n) is 16.5. The maximum absolute atomic E-state index is 6.26. The molecule has 64 heavy (non-hydrogen) atoms. The van der Waals surface area contributed by atoms with E-state index in [1.54, 1.807) is 0 Å². The van der Waals surface area contributed by atoms with Crippen LogP contribution in [0.4, 0.5) is 17.1 Å². The molecule has 1 aromatic heterocycles. The van der Waals surface area contributed by atoms with Gasteiger partial charge < -0.3 is 9.32 Å². The first-order chi connectivity index (χ1) is 31.7. The summed E-state index contributed by atoms with van der Waals surface area (Å²) < 4.78 is 6.26. The summed E-state index contributed by atoms with van der Waals surface area (Å²) in [5, 5.41) is 7.24. The third kappa shape index (κ3) is 6.70. The molecule has 0 spiro atoms. The number of hydrogen-bond acceptors (Lipinski definition) is 2. The third-order valence-electron chi connectivity index (χ3n) is 12.7. The fraction of sp³-hybridized carbons (Fsp3) is 0. The van der Waals surface area contributed by atoms with E-state index in [0.717, 1.165) is 61.3 Å². The molecule has 0 fully saturated rings. The quantitative estimate of drug-likeness (QED) is 0.152. The number of nitrogens with zero attached hydrogens (tertiary/aromatic N) is 1. The Morgan fingerprint density at radius 1 is 0.250 bits per heavy atom. The van der Waals surface area contributed by atoms with Crippen molar-refractivity contribution >= 4 is 60.5 Å². The number of rotatable bonds is 8. The molecular formula is C62H41NO. The Bertz CT molecular complexity index is 3660. The summed E-state index contributed by atoms with van der Waals surface area (Å²) in [5.74, 6) is 0. The van der Waals surface area contributed by atoms with E-state index >= 15 is 0 Å². The Balaban J connectivity index is 0.960. The van der Waals surface area contributed by atoms with Gasteiger partial charge in [-0.25, -0.2) is 0 Å². The highest BCUT2D eigenvalue weighted by atomic mass is 16.3. The van der Waals surface area contributed by atoms with Crippen molar-refractivity contribution in [2.24, 2.45) is 0 Å². The molecule has 0 N–H and O–H groups in total. The second kappa shape index (κ2) is 15.8. The topological polar surface area (TPSA) is 16.4 Å². The van der Waals surface area contributed by atoms with Crippen LogP contribution in [0.5, 0.6) is 0 Å². The van der Waals surface area contributed by atoms with E-state index in [0.29, 0.717) is 0 Å². The minimum Gasteiger partial charge on any atom is -0.456 e. The van der Waals surface area contributed by atoms with Crippen molar-refractivity contribution in [3.63, 3.8) is 0 Å². The maximum atomic E-state index is 6.26. The SMILES string of the molecule is c1cc(-c2cccc(N(c3ccc(-c4ccc(-c5cccc6ccccc56)cc4)cc3)c3ccccc3-c3ccc4oc5ccccc5c4c3)c2)cc(-c2cccc3ccccc23)c1. The molecule has 2 nitrogen and oxygen atoms in total. The molecule has 12 aromatic rings. The summed E-state index contributed by atoms with van der Waals surface area (Å²) in [6.45, 7) is 0. The molecule has 0 aliphatic carbocycles. The minimum absolute atomic E-state index is 0.887. The Labute approximate surface area is 372 Å². The van der Waals surface area contributed by atoms with Gasteiger partial charge in [-0.05, 0) is 126 Å². The van der Waals surface area contributed by atoms with Gasteiger partial charge in [-0.2, -0.15) is 0 Å². The molecule has 0 aliphatic heterocycles. The standard InChI is InChI=1S/C62H41NO/c1-3-21-53-44(13-1)15-11-25-55(53)46-31-29-42(30-32-46)43-33-36-51(37-34-43)63(60-27-7-5-23-57(60)50-35-38-62-59(41-50)58-24-6-8-28-61(58)64-62)52-20-10-18-48(40-52)47-17-9-19-49(39-47)56-26-12-16-45-14-2-4-22-54(45)56/h1-41H. The van der Waals surface area contributed by atoms with Crippen LogP contribution in [0.2, 0.25) is 0 Å². The van der Waals surface area contributed by atoms with Crippen molar-refractivity contribution in [2.75, 3.05) is 4.90 Å². The van der Waals surface area contributed by atoms with Gasteiger partial charge in [-0.3, -0.25) is 0 Å². The fourth-order valence-electron chi connectivity index (χ4n) is 9.52. The molecule has 0 bridgehead atoms. The van der Waals surface area contributed by atoms with Crippen LogP contribution in [0.3, 0.4) is 0 Å². The van der Waals surface area contributed by atoms with E-state index in [-0.39, 0.29) is 0 Å². The van der Waals surface area contributed by atoms with E-state index in [4.69, 9.17) is 4.42 Å². The van der Waals surface area contributed by atoms with E-state index in [9.17, 15) is 0 Å². The number of hydrogen-bond donors (Lipinski definition) is 0. The van der Waals surface area contributed by atoms with Crippen molar-refractivity contribution in [3.05, 3.63) is 249 Å². The van der Waals surface area contributed by atoms with Gasteiger partial charge in [0.25, 0.3) is 0 Å². The van der Waals surface area contributed by atoms with Crippen molar-refractivity contribution in [3.8, 4) is 55.6 Å². The number of benzene rings is 11. The maximum Gasteiger partial charge on any atom is 0.135 e. The Hall–Kier alpha value is -8.46. The van der Waals surface area contributed by atoms with Gasteiger partial charge in [0, 0.05) is 27.7 Å². The predicted molar refractivity (Wildman–Crippen MR) is 271 cm³/mol. The minimum atomic E-state index is 0.887. The molecule has 2 heteroatoms. The molecule has 0 atom stereocenters. The summed E-state index contributed by atoms with van der Waals surface area (Å²) >= 11 is 0. The third-order valence-corrected chi connectivity index (χ3v) is 12.7. The van der Waals surface area contributed by atoms with Gasteiger partial charge in [0.2, 0.25) is 0 Å². The molecular weight excluding hydrogens is 775 g/mol. The zero-order chi connectivity index (χ0) is 42.4. The highest BCUT2D eigenvalue weighted by Gasteiger charge is 2.19. The van der Waals surface area contributed by atoms with Gasteiger partial charge in [0.05, 0.1) is 5.69 Å². The number of anilines is 3. The Morgan fingerprint density at radius 3 is 1.48 bits per heavy atom. The molecule has 0 aliphatic rings. The lowest BCUT2D eigenvalue weighted by Gasteiger charge is -2.28. The molecule has 1 heterocycles. The Kier molecular flexibility index (Phi) is 9.20. The van der Waals surface area contributed by atoms with Crippen LogP contribution in [-0.4, -0.2) is 0 Å². The molecule has 0 saturated heterocycles. The summed E-state index contributed by atoms with van der Waals surface area (Å²) in [6, 6.07) is 89.8. The predicted octanol–water partition coefficient (Wildman–Crippen LogP) is 17.7. The highest BCUT2D eigenvalue weighted by Crippen LogP contribution is 2.44. The molecule has 0 unspecified atom stereocenters. The number of fused-ring (bicyclic) bond motifs is 5. The first kappa shape index (κ1) is 37.3. The van der Waals surface area contributed by atoms with E-state index in [1.807, 2.05) is 12.1 Å². The van der Waals surface area contributed by atoms with Crippen molar-refractivity contribution in [1.82, 2.24) is 0 Å². The first-order valence-electron chi connectivity index (χ1n) is 21.9. The summed E-state index contributed by atoms with van der Waals surface area (Å²) in [7, 11) is 0. The number of para-hydroxylation sites is 2. The number of furan rings is 1. The molecule has 12 rings (SSSR count). The lowest BCUT2D eigenvalue weighted by atomic mass is 9.95. The largest absolute Gasteiger partial charge is 0.456 e. The van der Waals surface area contributed by atoms with Gasteiger partial charge in [0.1, 0.15) is 11.2 Å². The van der Waals surface area contributed by atoms with Crippen LogP contribution < -0.4 is 4.90 Å². The van der Waals surface area contributed by atoms with E-state index in [2.05, 4.69) is 241 Å². The van der Waals surface area contributed by atoms with Gasteiger partial charge >= 0.3 is 0 Å². The average Bonchev–Trinajstić information content (AvgIpc) is 3.75. The fourth-order valence-corrected chi connectivity index (χ4v) is 9.52. The molecule has 0 saturated carbocycles. The normalized spacial score (nSPS) is 11.4. The smallest absolute Gasteiger partial charge is 0.135 e. The first-order valence-corrected chi connectivity index (χ1v) is 21.9. The van der Waals surface area contributed by atoms with Crippen LogP contribution in [0.1, 0.15) is 0 Å². The van der Waals surface area contributed by atoms with Crippen LogP contribution in [0.25, 0.3) is 99.1 Å². The van der Waals surface area contributed by atoms with Gasteiger partial charge in [0.15, 0.2) is 0 Å². The van der Waals surface area contributed by atoms with Crippen LogP contribution in [0.15, 0.2) is 253 Å².